The van der Waals surface area contributed by atoms with E-state index in [1.807, 2.05) is 30.3 Å². The summed E-state index contributed by atoms with van der Waals surface area (Å²) >= 11 is 5.78. The molecule has 0 aliphatic rings. The van der Waals surface area contributed by atoms with Crippen molar-refractivity contribution in [1.29, 1.82) is 0 Å². The third-order valence-electron chi connectivity index (χ3n) is 3.22. The second-order valence-electron chi connectivity index (χ2n) is 4.51. The largest absolute Gasteiger partial charge is 0.436 e. The summed E-state index contributed by atoms with van der Waals surface area (Å²) in [5.74, 6) is 1.18. The lowest BCUT2D eigenvalue weighted by atomic mass is 10.1. The molecule has 0 spiro atoms. The molecular formula is C16H14ClNO. The van der Waals surface area contributed by atoms with Crippen LogP contribution < -0.4 is 0 Å². The minimum atomic E-state index is 0.522. The van der Waals surface area contributed by atoms with E-state index in [2.05, 4.69) is 24.0 Å². The Morgan fingerprint density at radius 2 is 1.79 bits per heavy atom. The monoisotopic (exact) mass is 271 g/mol. The molecule has 2 nitrogen and oxygen atoms in total. The number of alkyl halides is 1. The van der Waals surface area contributed by atoms with E-state index in [4.69, 9.17) is 16.0 Å². The Kier molecular flexibility index (Phi) is 3.26. The summed E-state index contributed by atoms with van der Waals surface area (Å²) in [6.07, 6.45) is 1.00. The highest BCUT2D eigenvalue weighted by Gasteiger charge is 2.08. The Balaban J connectivity index is 2.04. The van der Waals surface area contributed by atoms with E-state index in [1.54, 1.807) is 0 Å². The van der Waals surface area contributed by atoms with Gasteiger partial charge in [-0.25, -0.2) is 4.98 Å². The van der Waals surface area contributed by atoms with Crippen molar-refractivity contribution in [3.8, 4) is 11.5 Å². The molecule has 2 aromatic carbocycles. The van der Waals surface area contributed by atoms with Crippen molar-refractivity contribution in [3.63, 3.8) is 0 Å². The number of nitrogens with zero attached hydrogens (tertiary/aromatic N) is 1. The van der Waals surface area contributed by atoms with Crippen LogP contribution in [0.1, 0.15) is 18.1 Å². The van der Waals surface area contributed by atoms with Crippen LogP contribution in [0.15, 0.2) is 46.9 Å². The third kappa shape index (κ3) is 2.36. The molecule has 0 unspecified atom stereocenters. The second kappa shape index (κ2) is 5.06. The van der Waals surface area contributed by atoms with Crippen LogP contribution in [0, 0.1) is 0 Å². The van der Waals surface area contributed by atoms with Gasteiger partial charge in [-0.3, -0.25) is 0 Å². The number of fused-ring (bicyclic) bond motifs is 1. The number of benzene rings is 2. The molecule has 3 aromatic rings. The fraction of sp³-hybridized carbons (Fsp3) is 0.188. The number of oxazole rings is 1. The maximum absolute atomic E-state index is 5.78. The van der Waals surface area contributed by atoms with Gasteiger partial charge in [0.2, 0.25) is 5.89 Å². The first kappa shape index (κ1) is 12.2. The third-order valence-corrected chi connectivity index (χ3v) is 3.52. The Bertz CT molecular complexity index is 700. The summed E-state index contributed by atoms with van der Waals surface area (Å²) in [5, 5.41) is 0. The van der Waals surface area contributed by atoms with E-state index in [0.29, 0.717) is 11.8 Å². The second-order valence-corrected chi connectivity index (χ2v) is 4.77. The zero-order valence-corrected chi connectivity index (χ0v) is 11.4. The van der Waals surface area contributed by atoms with Gasteiger partial charge in [-0.1, -0.05) is 25.1 Å². The van der Waals surface area contributed by atoms with E-state index in [0.717, 1.165) is 28.6 Å². The van der Waals surface area contributed by atoms with Crippen LogP contribution in [0.5, 0.6) is 0 Å². The van der Waals surface area contributed by atoms with Gasteiger partial charge in [0, 0.05) is 11.4 Å². The topological polar surface area (TPSA) is 26.0 Å². The lowest BCUT2D eigenvalue weighted by molar-refractivity contribution is 0.620. The van der Waals surface area contributed by atoms with Gasteiger partial charge in [0.15, 0.2) is 5.58 Å². The van der Waals surface area contributed by atoms with Crippen molar-refractivity contribution in [2.24, 2.45) is 0 Å². The molecule has 96 valence electrons. The molecule has 0 atom stereocenters. The average molecular weight is 272 g/mol. The van der Waals surface area contributed by atoms with E-state index < -0.39 is 0 Å². The summed E-state index contributed by atoms with van der Waals surface area (Å²) < 4.78 is 5.78. The van der Waals surface area contributed by atoms with Crippen LogP contribution in [-0.4, -0.2) is 4.98 Å². The first-order valence-corrected chi connectivity index (χ1v) is 6.88. The molecule has 0 fully saturated rings. The van der Waals surface area contributed by atoms with Gasteiger partial charge in [-0.05, 0) is 41.8 Å². The molecule has 19 heavy (non-hydrogen) atoms. The van der Waals surface area contributed by atoms with Crippen molar-refractivity contribution >= 4 is 22.7 Å². The first-order valence-electron chi connectivity index (χ1n) is 6.35. The molecule has 0 amide bonds. The highest BCUT2D eigenvalue weighted by molar-refractivity contribution is 6.17. The van der Waals surface area contributed by atoms with E-state index >= 15 is 0 Å². The fourth-order valence-electron chi connectivity index (χ4n) is 2.05. The molecule has 0 aliphatic heterocycles. The van der Waals surface area contributed by atoms with Crippen LogP contribution >= 0.6 is 11.6 Å². The number of hydrogen-bond donors (Lipinski definition) is 0. The number of aromatic nitrogens is 1. The zero-order valence-electron chi connectivity index (χ0n) is 10.7. The van der Waals surface area contributed by atoms with E-state index in [9.17, 15) is 0 Å². The Hall–Kier alpha value is -1.80. The number of halogens is 1. The van der Waals surface area contributed by atoms with Crippen molar-refractivity contribution < 1.29 is 4.42 Å². The Morgan fingerprint density at radius 1 is 1.05 bits per heavy atom. The molecule has 0 saturated carbocycles. The SMILES string of the molecule is CCc1ccc2oc(-c3ccc(CCl)cc3)nc2c1. The van der Waals surface area contributed by atoms with Gasteiger partial charge in [-0.2, -0.15) is 0 Å². The summed E-state index contributed by atoms with van der Waals surface area (Å²) in [4.78, 5) is 4.55. The minimum Gasteiger partial charge on any atom is -0.436 e. The summed E-state index contributed by atoms with van der Waals surface area (Å²) in [6.45, 7) is 2.13. The van der Waals surface area contributed by atoms with E-state index in [1.165, 1.54) is 5.56 Å². The van der Waals surface area contributed by atoms with Crippen LogP contribution in [0.4, 0.5) is 0 Å². The van der Waals surface area contributed by atoms with E-state index in [-0.39, 0.29) is 0 Å². The molecule has 1 aromatic heterocycles. The highest BCUT2D eigenvalue weighted by Crippen LogP contribution is 2.25. The van der Waals surface area contributed by atoms with Gasteiger partial charge in [0.25, 0.3) is 0 Å². The van der Waals surface area contributed by atoms with Crippen LogP contribution in [0.2, 0.25) is 0 Å². The number of hydrogen-bond acceptors (Lipinski definition) is 2. The molecule has 0 aliphatic carbocycles. The van der Waals surface area contributed by atoms with Crippen LogP contribution in [0.25, 0.3) is 22.6 Å². The van der Waals surface area contributed by atoms with Gasteiger partial charge in [0.1, 0.15) is 5.52 Å². The maximum atomic E-state index is 5.78. The summed E-state index contributed by atoms with van der Waals surface area (Å²) in [6, 6.07) is 14.1. The Morgan fingerprint density at radius 3 is 2.47 bits per heavy atom. The van der Waals surface area contributed by atoms with Crippen molar-refractivity contribution in [2.75, 3.05) is 0 Å². The van der Waals surface area contributed by atoms with Gasteiger partial charge < -0.3 is 4.42 Å². The number of rotatable bonds is 3. The van der Waals surface area contributed by atoms with Crippen molar-refractivity contribution in [3.05, 3.63) is 53.6 Å². The van der Waals surface area contributed by atoms with Crippen molar-refractivity contribution in [1.82, 2.24) is 4.98 Å². The quantitative estimate of drug-likeness (QED) is 0.640. The molecule has 0 bridgehead atoms. The fourth-order valence-corrected chi connectivity index (χ4v) is 2.23. The predicted octanol–water partition coefficient (Wildman–Crippen LogP) is 4.80. The van der Waals surface area contributed by atoms with Gasteiger partial charge in [0.05, 0.1) is 0 Å². The van der Waals surface area contributed by atoms with Crippen LogP contribution in [0.3, 0.4) is 0 Å². The molecule has 1 heterocycles. The van der Waals surface area contributed by atoms with Gasteiger partial charge >= 0.3 is 0 Å². The van der Waals surface area contributed by atoms with Gasteiger partial charge in [-0.15, -0.1) is 11.6 Å². The Labute approximate surface area is 117 Å². The highest BCUT2D eigenvalue weighted by atomic mass is 35.5. The molecule has 0 radical (unpaired) electrons. The van der Waals surface area contributed by atoms with Crippen LogP contribution in [-0.2, 0) is 12.3 Å². The number of aryl methyl sites for hydroxylation is 1. The van der Waals surface area contributed by atoms with Crippen molar-refractivity contribution in [2.45, 2.75) is 19.2 Å². The summed E-state index contributed by atoms with van der Waals surface area (Å²) in [7, 11) is 0. The predicted molar refractivity (Wildman–Crippen MR) is 78.4 cm³/mol. The molecule has 0 N–H and O–H groups in total. The molecule has 0 saturated heterocycles. The standard InChI is InChI=1S/C16H14ClNO/c1-2-11-5-8-15-14(9-11)18-16(19-15)13-6-3-12(10-17)4-7-13/h3-9H,2,10H2,1H3. The molecule has 3 heteroatoms. The molecular weight excluding hydrogens is 258 g/mol. The maximum Gasteiger partial charge on any atom is 0.227 e. The first-order chi connectivity index (χ1) is 9.30. The lowest BCUT2D eigenvalue weighted by Gasteiger charge is -1.97. The normalized spacial score (nSPS) is 11.1. The lowest BCUT2D eigenvalue weighted by Crippen LogP contribution is -1.80. The molecule has 3 rings (SSSR count). The smallest absolute Gasteiger partial charge is 0.227 e. The average Bonchev–Trinajstić information content (AvgIpc) is 2.90. The minimum absolute atomic E-state index is 0.522. The zero-order chi connectivity index (χ0) is 13.2. The summed E-state index contributed by atoms with van der Waals surface area (Å²) in [5.41, 5.74) is 5.08.